The van der Waals surface area contributed by atoms with Gasteiger partial charge in [-0.1, -0.05) is 75.4 Å². The number of aliphatic carboxylic acids is 1. The first-order valence-corrected chi connectivity index (χ1v) is 15.0. The smallest absolute Gasteiger partial charge is 0.317 e. The van der Waals surface area contributed by atoms with Crippen LogP contribution in [0.25, 0.3) is 11.3 Å². The molecule has 0 aliphatic heterocycles. The molecule has 0 amide bonds. The number of hydrogen-bond acceptors (Lipinski definition) is 6. The molecule has 39 heavy (non-hydrogen) atoms. The number of anilines is 1. The minimum atomic E-state index is -0.835. The Morgan fingerprint density at radius 3 is 2.21 bits per heavy atom. The van der Waals surface area contributed by atoms with E-state index in [1.807, 2.05) is 47.0 Å². The molecule has 7 heteroatoms. The minimum absolute atomic E-state index is 0.0245. The number of hydrogen-bond donors (Lipinski definition) is 1. The molecule has 204 valence electrons. The molecule has 4 aromatic rings. The lowest BCUT2D eigenvalue weighted by Gasteiger charge is -2.20. The molecule has 1 N–H and O–H groups in total. The van der Waals surface area contributed by atoms with Gasteiger partial charge in [0.1, 0.15) is 5.01 Å². The van der Waals surface area contributed by atoms with Gasteiger partial charge in [-0.05, 0) is 40.8 Å². The van der Waals surface area contributed by atoms with Crippen molar-refractivity contribution < 1.29 is 9.90 Å². The van der Waals surface area contributed by atoms with E-state index in [2.05, 4.69) is 86.6 Å². The van der Waals surface area contributed by atoms with Crippen molar-refractivity contribution in [2.75, 3.05) is 24.2 Å². The number of thiazole rings is 1. The molecule has 0 bridgehead atoms. The maximum Gasteiger partial charge on any atom is 0.317 e. The summed E-state index contributed by atoms with van der Waals surface area (Å²) in [5, 5.41) is 12.3. The van der Waals surface area contributed by atoms with Gasteiger partial charge in [0, 0.05) is 47.4 Å². The van der Waals surface area contributed by atoms with E-state index in [1.165, 1.54) is 10.5 Å². The number of carbonyl (C=O) groups is 1. The van der Waals surface area contributed by atoms with E-state index in [0.717, 1.165) is 39.8 Å². The number of carboxylic acids is 1. The number of nitrogens with zero attached hydrogens (tertiary/aromatic N) is 3. The highest BCUT2D eigenvalue weighted by Gasteiger charge is 2.15. The van der Waals surface area contributed by atoms with Crippen molar-refractivity contribution in [3.63, 3.8) is 0 Å². The molecule has 0 saturated heterocycles. The molecule has 0 unspecified atom stereocenters. The Balaban J connectivity index is 1.35. The largest absolute Gasteiger partial charge is 0.480 e. The van der Waals surface area contributed by atoms with Crippen molar-refractivity contribution in [2.45, 2.75) is 45.3 Å². The average molecular weight is 560 g/mol. The van der Waals surface area contributed by atoms with Crippen LogP contribution in [0.5, 0.6) is 0 Å². The third-order valence-corrected chi connectivity index (χ3v) is 8.59. The summed E-state index contributed by atoms with van der Waals surface area (Å²) in [5.74, 6) is 0.269. The Hall–Kier alpha value is -3.13. The Morgan fingerprint density at radius 1 is 0.897 bits per heavy atom. The molecule has 3 aromatic carbocycles. The predicted octanol–water partition coefficient (Wildman–Crippen LogP) is 7.67. The average Bonchev–Trinajstić information content (AvgIpc) is 3.36. The summed E-state index contributed by atoms with van der Waals surface area (Å²) in [6.07, 6.45) is 0. The van der Waals surface area contributed by atoms with Crippen LogP contribution < -0.4 is 4.90 Å². The van der Waals surface area contributed by atoms with Gasteiger partial charge in [-0.25, -0.2) is 4.98 Å². The van der Waals surface area contributed by atoms with Crippen molar-refractivity contribution in [3.8, 4) is 11.3 Å². The van der Waals surface area contributed by atoms with Gasteiger partial charge in [0.25, 0.3) is 0 Å². The number of benzene rings is 3. The Morgan fingerprint density at radius 2 is 1.56 bits per heavy atom. The van der Waals surface area contributed by atoms with Crippen LogP contribution in [0.4, 0.5) is 5.69 Å². The first-order chi connectivity index (χ1) is 18.6. The van der Waals surface area contributed by atoms with Crippen LogP contribution in [-0.2, 0) is 24.4 Å². The van der Waals surface area contributed by atoms with Crippen molar-refractivity contribution in [3.05, 3.63) is 100 Å². The normalized spacial score (nSPS) is 11.6. The van der Waals surface area contributed by atoms with Crippen LogP contribution in [0.15, 0.2) is 89.1 Å². The van der Waals surface area contributed by atoms with Crippen LogP contribution in [0.1, 0.15) is 36.9 Å². The first-order valence-electron chi connectivity index (χ1n) is 13.1. The lowest BCUT2D eigenvalue weighted by atomic mass is 10.0. The second kappa shape index (κ2) is 13.3. The first kappa shape index (κ1) is 28.9. The summed E-state index contributed by atoms with van der Waals surface area (Å²) in [5.41, 5.74) is 5.82. The summed E-state index contributed by atoms with van der Waals surface area (Å²) in [7, 11) is 2.11. The molecule has 0 spiro atoms. The zero-order valence-corrected chi connectivity index (χ0v) is 24.8. The van der Waals surface area contributed by atoms with Gasteiger partial charge in [-0.2, -0.15) is 0 Å². The maximum atomic E-state index is 11.4. The van der Waals surface area contributed by atoms with Crippen molar-refractivity contribution in [1.82, 2.24) is 9.88 Å². The summed E-state index contributed by atoms with van der Waals surface area (Å²) in [6.45, 7) is 8.69. The van der Waals surface area contributed by atoms with Crippen molar-refractivity contribution in [2.24, 2.45) is 5.41 Å². The Kier molecular flexibility index (Phi) is 9.83. The predicted molar refractivity (Wildman–Crippen MR) is 164 cm³/mol. The zero-order chi connectivity index (χ0) is 27.8. The molecule has 0 aliphatic rings. The molecule has 4 rings (SSSR count). The van der Waals surface area contributed by atoms with Crippen LogP contribution in [0, 0.1) is 5.41 Å². The van der Waals surface area contributed by atoms with Gasteiger partial charge < -0.3 is 10.0 Å². The van der Waals surface area contributed by atoms with Gasteiger partial charge in [0.2, 0.25) is 0 Å². The molecule has 1 aromatic heterocycles. The molecule has 1 heterocycles. The van der Waals surface area contributed by atoms with Crippen LogP contribution in [0.3, 0.4) is 0 Å². The highest BCUT2D eigenvalue weighted by Crippen LogP contribution is 2.28. The highest BCUT2D eigenvalue weighted by atomic mass is 32.2. The van der Waals surface area contributed by atoms with E-state index in [0.29, 0.717) is 18.5 Å². The maximum absolute atomic E-state index is 11.4. The second-order valence-corrected chi connectivity index (χ2v) is 13.0. The van der Waals surface area contributed by atoms with Gasteiger partial charge in [0.05, 0.1) is 18.8 Å². The molecule has 0 aliphatic carbocycles. The molecule has 5 nitrogen and oxygen atoms in total. The van der Waals surface area contributed by atoms with E-state index in [9.17, 15) is 9.90 Å². The minimum Gasteiger partial charge on any atom is -0.480 e. The molecular formula is C32H37N3O2S2. The Labute approximate surface area is 240 Å². The fourth-order valence-corrected chi connectivity index (χ4v) is 5.92. The third kappa shape index (κ3) is 9.24. The summed E-state index contributed by atoms with van der Waals surface area (Å²) >= 11 is 3.48. The lowest BCUT2D eigenvalue weighted by molar-refractivity contribution is -0.138. The van der Waals surface area contributed by atoms with Gasteiger partial charge >= 0.3 is 5.97 Å². The molecule has 0 atom stereocenters. The molecule has 0 saturated carbocycles. The zero-order valence-electron chi connectivity index (χ0n) is 23.1. The second-order valence-electron chi connectivity index (χ2n) is 11.0. The fraction of sp³-hybridized carbons (Fsp3) is 0.312. The summed E-state index contributed by atoms with van der Waals surface area (Å²) in [4.78, 5) is 21.7. The topological polar surface area (TPSA) is 56.7 Å². The van der Waals surface area contributed by atoms with Gasteiger partial charge in [0.15, 0.2) is 0 Å². The van der Waals surface area contributed by atoms with E-state index >= 15 is 0 Å². The van der Waals surface area contributed by atoms with E-state index in [1.54, 1.807) is 11.3 Å². The van der Waals surface area contributed by atoms with E-state index in [4.69, 9.17) is 4.98 Å². The van der Waals surface area contributed by atoms with Gasteiger partial charge in [-0.15, -0.1) is 23.1 Å². The number of rotatable bonds is 12. The van der Waals surface area contributed by atoms with Crippen LogP contribution >= 0.6 is 23.1 Å². The number of thioether (sulfide) groups is 1. The summed E-state index contributed by atoms with van der Waals surface area (Å²) in [6, 6.07) is 27.3. The van der Waals surface area contributed by atoms with E-state index in [-0.39, 0.29) is 6.54 Å². The molecule has 0 radical (unpaired) electrons. The van der Waals surface area contributed by atoms with Gasteiger partial charge in [-0.3, -0.25) is 9.69 Å². The number of aromatic nitrogens is 1. The third-order valence-electron chi connectivity index (χ3n) is 6.14. The lowest BCUT2D eigenvalue weighted by Crippen LogP contribution is -2.28. The standard InChI is InChI=1S/C32H37N3O2S2/c1-32(2,3)23-39-28-16-10-25(11-17-28)18-34(4)27-14-12-26(13-15-27)29-22-38-30(33-29)20-35(21-31(36)37)19-24-8-6-5-7-9-24/h5-17,22H,18-21,23H2,1-4H3,(H,36,37). The van der Waals surface area contributed by atoms with Crippen LogP contribution in [-0.4, -0.2) is 40.3 Å². The highest BCUT2D eigenvalue weighted by molar-refractivity contribution is 7.99. The van der Waals surface area contributed by atoms with Crippen molar-refractivity contribution in [1.29, 1.82) is 0 Å². The van der Waals surface area contributed by atoms with Crippen molar-refractivity contribution >= 4 is 34.8 Å². The monoisotopic (exact) mass is 559 g/mol. The Bertz CT molecular complexity index is 1330. The fourth-order valence-electron chi connectivity index (χ4n) is 4.15. The molecule has 0 fully saturated rings. The summed E-state index contributed by atoms with van der Waals surface area (Å²) < 4.78 is 0. The SMILES string of the molecule is CN(Cc1ccc(SCC(C)(C)C)cc1)c1ccc(-c2csc(CN(CC(=O)O)Cc3ccccc3)n2)cc1. The number of carboxylic acid groups (broad SMARTS) is 1. The van der Waals surface area contributed by atoms with Crippen LogP contribution in [0.2, 0.25) is 0 Å². The van der Waals surface area contributed by atoms with E-state index < -0.39 is 5.97 Å². The molecular weight excluding hydrogens is 523 g/mol. The quantitative estimate of drug-likeness (QED) is 0.180.